The maximum Gasteiger partial charge on any atom is 0.173 e. The van der Waals surface area contributed by atoms with Crippen LogP contribution in [0.25, 0.3) is 0 Å². The van der Waals surface area contributed by atoms with Crippen LogP contribution in [0.3, 0.4) is 0 Å². The van der Waals surface area contributed by atoms with Gasteiger partial charge in [0.2, 0.25) is 0 Å². The maximum atomic E-state index is 11.4. The number of carbonyl (C=O) groups excluding carboxylic acids is 1. The molecule has 0 aromatic heterocycles. The third-order valence-electron chi connectivity index (χ3n) is 1.45. The van der Waals surface area contributed by atoms with Gasteiger partial charge >= 0.3 is 0 Å². The number of nitrogens with two attached hydrogens (primary N) is 1. The summed E-state index contributed by atoms with van der Waals surface area (Å²) in [5.74, 6) is 0.236. The highest BCUT2D eigenvalue weighted by Crippen LogP contribution is 2.05. The van der Waals surface area contributed by atoms with Gasteiger partial charge in [-0.1, -0.05) is 42.1 Å². The quantitative estimate of drug-likeness (QED) is 0.435. The van der Waals surface area contributed by atoms with E-state index in [0.29, 0.717) is 5.56 Å². The molecule has 0 unspecified atom stereocenters. The molecule has 0 fully saturated rings. The maximum absolute atomic E-state index is 11.4. The molecule has 0 aliphatic rings. The second kappa shape index (κ2) is 4.67. The average molecular weight is 194 g/mol. The van der Waals surface area contributed by atoms with Crippen molar-refractivity contribution in [3.05, 3.63) is 35.9 Å². The van der Waals surface area contributed by atoms with Crippen LogP contribution < -0.4 is 5.73 Å². The molecule has 0 aliphatic carbocycles. The number of rotatable bonds is 3. The molecule has 13 heavy (non-hydrogen) atoms. The Morgan fingerprint density at radius 1 is 1.38 bits per heavy atom. The molecule has 3 N–H and O–H groups in total. The lowest BCUT2D eigenvalue weighted by molar-refractivity contribution is 0.102. The number of nitrogens with one attached hydrogen (secondary N) is 1. The van der Waals surface area contributed by atoms with Gasteiger partial charge in [-0.2, -0.15) is 0 Å². The Balaban J connectivity index is 2.54. The van der Waals surface area contributed by atoms with Gasteiger partial charge in [-0.3, -0.25) is 10.2 Å². The van der Waals surface area contributed by atoms with Crippen LogP contribution in [-0.4, -0.2) is 16.7 Å². The van der Waals surface area contributed by atoms with E-state index in [1.807, 2.05) is 18.2 Å². The first kappa shape index (κ1) is 9.80. The van der Waals surface area contributed by atoms with Crippen LogP contribution in [-0.2, 0) is 0 Å². The summed E-state index contributed by atoms with van der Waals surface area (Å²) >= 11 is 1.05. The van der Waals surface area contributed by atoms with E-state index in [1.165, 1.54) is 0 Å². The second-order valence-corrected chi connectivity index (χ2v) is 3.46. The number of benzene rings is 1. The van der Waals surface area contributed by atoms with Crippen molar-refractivity contribution in [2.24, 2.45) is 5.73 Å². The predicted octanol–water partition coefficient (Wildman–Crippen LogP) is 1.50. The largest absolute Gasteiger partial charge is 0.379 e. The Hall–Kier alpha value is -1.29. The highest BCUT2D eigenvalue weighted by Gasteiger charge is 2.04. The lowest BCUT2D eigenvalue weighted by Gasteiger charge is -1.98. The third-order valence-corrected chi connectivity index (χ3v) is 2.17. The summed E-state index contributed by atoms with van der Waals surface area (Å²) in [4.78, 5) is 11.4. The number of carbonyl (C=O) groups is 1. The van der Waals surface area contributed by atoms with E-state index in [0.717, 1.165) is 11.8 Å². The molecule has 4 heteroatoms. The molecule has 0 amide bonds. The van der Waals surface area contributed by atoms with E-state index >= 15 is 0 Å². The number of thioether (sulfide) groups is 1. The minimum atomic E-state index is -0.0238. The molecule has 1 aromatic rings. The summed E-state index contributed by atoms with van der Waals surface area (Å²) in [6.45, 7) is 0. The third kappa shape index (κ3) is 3.29. The topological polar surface area (TPSA) is 66.9 Å². The molecular formula is C9H10N2OS. The molecule has 1 rings (SSSR count). The lowest BCUT2D eigenvalue weighted by atomic mass is 10.2. The van der Waals surface area contributed by atoms with Gasteiger partial charge in [0.25, 0.3) is 0 Å². The van der Waals surface area contributed by atoms with Crippen molar-refractivity contribution in [2.75, 3.05) is 5.75 Å². The summed E-state index contributed by atoms with van der Waals surface area (Å²) in [7, 11) is 0. The van der Waals surface area contributed by atoms with Crippen LogP contribution in [0.4, 0.5) is 0 Å². The van der Waals surface area contributed by atoms with Crippen LogP contribution in [0.5, 0.6) is 0 Å². The Morgan fingerprint density at radius 3 is 2.54 bits per heavy atom. The Kier molecular flexibility index (Phi) is 3.52. The standard InChI is InChI=1S/C9H10N2OS/c10-9(11)13-6-8(12)7-4-2-1-3-5-7/h1-5H,6H2,(H3,10,11). The van der Waals surface area contributed by atoms with Crippen LogP contribution in [0, 0.1) is 5.41 Å². The minimum absolute atomic E-state index is 0.000741. The van der Waals surface area contributed by atoms with Gasteiger partial charge in [-0.25, -0.2) is 0 Å². The van der Waals surface area contributed by atoms with Gasteiger partial charge < -0.3 is 5.73 Å². The average Bonchev–Trinajstić information content (AvgIpc) is 2.15. The molecule has 0 saturated heterocycles. The second-order valence-electron chi connectivity index (χ2n) is 2.44. The van der Waals surface area contributed by atoms with Gasteiger partial charge in [0.15, 0.2) is 11.0 Å². The smallest absolute Gasteiger partial charge is 0.173 e. The number of ketones is 1. The number of Topliss-reactive ketones (excluding diaryl/α,β-unsaturated/α-hetero) is 1. The fourth-order valence-corrected chi connectivity index (χ4v) is 1.30. The predicted molar refractivity (Wildman–Crippen MR) is 55.1 cm³/mol. The fourth-order valence-electron chi connectivity index (χ4n) is 0.851. The molecule has 0 atom stereocenters. The van der Waals surface area contributed by atoms with Crippen molar-refractivity contribution < 1.29 is 4.79 Å². The zero-order valence-electron chi connectivity index (χ0n) is 6.99. The first-order valence-electron chi connectivity index (χ1n) is 3.75. The van der Waals surface area contributed by atoms with Gasteiger partial charge in [-0.15, -0.1) is 0 Å². The molecule has 3 nitrogen and oxygen atoms in total. The first-order chi connectivity index (χ1) is 6.20. The summed E-state index contributed by atoms with van der Waals surface area (Å²) < 4.78 is 0. The fraction of sp³-hybridized carbons (Fsp3) is 0.111. The molecule has 0 saturated carbocycles. The van der Waals surface area contributed by atoms with E-state index in [2.05, 4.69) is 0 Å². The van der Waals surface area contributed by atoms with Crippen molar-refractivity contribution >= 4 is 22.7 Å². The van der Waals surface area contributed by atoms with E-state index in [9.17, 15) is 4.79 Å². The first-order valence-corrected chi connectivity index (χ1v) is 4.74. The molecule has 0 radical (unpaired) electrons. The van der Waals surface area contributed by atoms with E-state index < -0.39 is 0 Å². The van der Waals surface area contributed by atoms with Gasteiger partial charge in [-0.05, 0) is 0 Å². The van der Waals surface area contributed by atoms with Gasteiger partial charge in [0.1, 0.15) is 0 Å². The monoisotopic (exact) mass is 194 g/mol. The number of amidine groups is 1. The van der Waals surface area contributed by atoms with Crippen LogP contribution in [0.1, 0.15) is 10.4 Å². The molecule has 0 spiro atoms. The number of hydrogen-bond acceptors (Lipinski definition) is 3. The lowest BCUT2D eigenvalue weighted by Crippen LogP contribution is -2.09. The van der Waals surface area contributed by atoms with Crippen molar-refractivity contribution in [3.63, 3.8) is 0 Å². The summed E-state index contributed by atoms with van der Waals surface area (Å²) in [6.07, 6.45) is 0. The molecule has 1 aromatic carbocycles. The Bertz CT molecular complexity index is 311. The van der Waals surface area contributed by atoms with E-state index in [1.54, 1.807) is 12.1 Å². The highest BCUT2D eigenvalue weighted by atomic mass is 32.2. The summed E-state index contributed by atoms with van der Waals surface area (Å²) in [5, 5.41) is 6.91. The summed E-state index contributed by atoms with van der Waals surface area (Å²) in [5.41, 5.74) is 5.78. The van der Waals surface area contributed by atoms with Crippen LogP contribution in [0.2, 0.25) is 0 Å². The van der Waals surface area contributed by atoms with Crippen molar-refractivity contribution in [3.8, 4) is 0 Å². The van der Waals surface area contributed by atoms with Crippen molar-refractivity contribution in [2.45, 2.75) is 0 Å². The molecule has 0 aliphatic heterocycles. The Labute approximate surface area is 80.8 Å². The zero-order valence-corrected chi connectivity index (χ0v) is 7.80. The molecular weight excluding hydrogens is 184 g/mol. The minimum Gasteiger partial charge on any atom is -0.379 e. The van der Waals surface area contributed by atoms with Gasteiger partial charge in [0, 0.05) is 5.56 Å². The molecule has 0 bridgehead atoms. The van der Waals surface area contributed by atoms with Gasteiger partial charge in [0.05, 0.1) is 5.75 Å². The SMILES string of the molecule is N=C(N)SCC(=O)c1ccccc1. The van der Waals surface area contributed by atoms with Crippen LogP contribution >= 0.6 is 11.8 Å². The van der Waals surface area contributed by atoms with Crippen molar-refractivity contribution in [1.29, 1.82) is 5.41 Å². The Morgan fingerprint density at radius 2 is 2.00 bits per heavy atom. The molecule has 0 heterocycles. The normalized spacial score (nSPS) is 9.54. The highest BCUT2D eigenvalue weighted by molar-refractivity contribution is 8.14. The van der Waals surface area contributed by atoms with E-state index in [-0.39, 0.29) is 16.7 Å². The van der Waals surface area contributed by atoms with Crippen LogP contribution in [0.15, 0.2) is 30.3 Å². The number of hydrogen-bond donors (Lipinski definition) is 2. The molecule has 68 valence electrons. The summed E-state index contributed by atoms with van der Waals surface area (Å²) in [6, 6.07) is 8.98. The van der Waals surface area contributed by atoms with E-state index in [4.69, 9.17) is 11.1 Å². The van der Waals surface area contributed by atoms with Crippen molar-refractivity contribution in [1.82, 2.24) is 0 Å². The zero-order chi connectivity index (χ0) is 9.68.